The van der Waals surface area contributed by atoms with E-state index in [0.717, 1.165) is 16.1 Å². The first-order valence-corrected chi connectivity index (χ1v) is 7.60. The number of nitrogens with one attached hydrogen (secondary N) is 1. The third kappa shape index (κ3) is 2.55. The normalized spacial score (nSPS) is 10.4. The molecule has 0 aliphatic heterocycles. The topological polar surface area (TPSA) is 42.2 Å². The van der Waals surface area contributed by atoms with Gasteiger partial charge < -0.3 is 9.73 Å². The van der Waals surface area contributed by atoms with Crippen molar-refractivity contribution in [3.63, 3.8) is 0 Å². The van der Waals surface area contributed by atoms with Crippen molar-refractivity contribution in [2.75, 3.05) is 5.32 Å². The van der Waals surface area contributed by atoms with Crippen LogP contribution in [-0.4, -0.2) is 5.91 Å². The van der Waals surface area contributed by atoms with Crippen LogP contribution in [0.25, 0.3) is 10.4 Å². The van der Waals surface area contributed by atoms with Gasteiger partial charge in [-0.1, -0.05) is 24.3 Å². The van der Waals surface area contributed by atoms with Crippen LogP contribution in [0, 0.1) is 0 Å². The highest BCUT2D eigenvalue weighted by Crippen LogP contribution is 2.32. The number of hydrogen-bond donors (Lipinski definition) is 1. The number of anilines is 1. The Morgan fingerprint density at radius 1 is 1.15 bits per heavy atom. The number of halogens is 1. The van der Waals surface area contributed by atoms with Gasteiger partial charge in [0, 0.05) is 16.1 Å². The Morgan fingerprint density at radius 2 is 2.00 bits per heavy atom. The monoisotopic (exact) mass is 347 g/mol. The molecule has 0 saturated carbocycles. The summed E-state index contributed by atoms with van der Waals surface area (Å²) in [6.45, 7) is 0. The molecule has 3 nitrogen and oxygen atoms in total. The van der Waals surface area contributed by atoms with Crippen molar-refractivity contribution in [1.29, 1.82) is 0 Å². The van der Waals surface area contributed by atoms with E-state index in [-0.39, 0.29) is 5.91 Å². The molecule has 20 heavy (non-hydrogen) atoms. The average molecular weight is 348 g/mol. The lowest BCUT2D eigenvalue weighted by atomic mass is 10.1. The summed E-state index contributed by atoms with van der Waals surface area (Å²) >= 11 is 4.85. The van der Waals surface area contributed by atoms with E-state index in [9.17, 15) is 4.79 Å². The Bertz CT molecular complexity index is 734. The van der Waals surface area contributed by atoms with Gasteiger partial charge in [0.2, 0.25) is 0 Å². The second-order valence-corrected chi connectivity index (χ2v) is 5.75. The summed E-state index contributed by atoms with van der Waals surface area (Å²) in [5, 5.41) is 4.93. The number of hydrogen-bond acceptors (Lipinski definition) is 3. The van der Waals surface area contributed by atoms with Crippen LogP contribution in [0.15, 0.2) is 63.2 Å². The smallest absolute Gasteiger partial charge is 0.260 e. The Morgan fingerprint density at radius 3 is 2.70 bits per heavy atom. The maximum Gasteiger partial charge on any atom is 0.260 e. The predicted molar refractivity (Wildman–Crippen MR) is 84.1 cm³/mol. The molecule has 0 spiro atoms. The Balaban J connectivity index is 1.92. The van der Waals surface area contributed by atoms with Crippen LogP contribution >= 0.6 is 27.3 Å². The lowest BCUT2D eigenvalue weighted by Gasteiger charge is -2.09. The summed E-state index contributed by atoms with van der Waals surface area (Å²) in [6.07, 6.45) is 1.48. The molecule has 100 valence electrons. The number of benzene rings is 1. The number of carbonyl (C=O) groups is 1. The number of amides is 1. The summed E-state index contributed by atoms with van der Waals surface area (Å²) < 4.78 is 5.52. The molecule has 0 unspecified atom stereocenters. The molecule has 1 N–H and O–H groups in total. The lowest BCUT2D eigenvalue weighted by Crippen LogP contribution is -2.12. The fourth-order valence-electron chi connectivity index (χ4n) is 1.88. The second kappa shape index (κ2) is 5.64. The first kappa shape index (κ1) is 13.1. The lowest BCUT2D eigenvalue weighted by molar-refractivity contribution is 0.102. The van der Waals surface area contributed by atoms with Gasteiger partial charge in [-0.2, -0.15) is 0 Å². The minimum atomic E-state index is -0.199. The Kier molecular flexibility index (Phi) is 3.71. The summed E-state index contributed by atoms with van der Waals surface area (Å²) in [6, 6.07) is 13.4. The van der Waals surface area contributed by atoms with Crippen LogP contribution < -0.4 is 5.32 Å². The van der Waals surface area contributed by atoms with Gasteiger partial charge in [-0.25, -0.2) is 0 Å². The van der Waals surface area contributed by atoms with Crippen molar-refractivity contribution in [2.24, 2.45) is 0 Å². The van der Waals surface area contributed by atoms with Crippen LogP contribution in [0.2, 0.25) is 0 Å². The van der Waals surface area contributed by atoms with Gasteiger partial charge in [-0.05, 0) is 39.5 Å². The molecular formula is C15H10BrNO2S. The Hall–Kier alpha value is -1.85. The molecular weight excluding hydrogens is 338 g/mol. The maximum atomic E-state index is 12.2. The van der Waals surface area contributed by atoms with E-state index in [4.69, 9.17) is 4.42 Å². The first-order chi connectivity index (χ1) is 9.75. The predicted octanol–water partition coefficient (Wildman–Crippen LogP) is 5.02. The van der Waals surface area contributed by atoms with Gasteiger partial charge in [0.15, 0.2) is 4.67 Å². The zero-order valence-corrected chi connectivity index (χ0v) is 12.7. The van der Waals surface area contributed by atoms with Crippen LogP contribution in [-0.2, 0) is 0 Å². The summed E-state index contributed by atoms with van der Waals surface area (Å²) in [5.74, 6) is -0.199. The molecule has 0 radical (unpaired) electrons. The molecule has 3 aromatic rings. The standard InChI is InChI=1S/C15H10BrNO2S/c16-14-11(7-8-19-14)15(18)17-12-5-2-1-4-10(12)13-6-3-9-20-13/h1-9H,(H,17,18). The van der Waals surface area contributed by atoms with Crippen LogP contribution in [0.5, 0.6) is 0 Å². The minimum absolute atomic E-state index is 0.199. The average Bonchev–Trinajstić information content (AvgIpc) is 3.10. The van der Waals surface area contributed by atoms with Gasteiger partial charge in [-0.3, -0.25) is 4.79 Å². The number of furan rings is 1. The third-order valence-corrected chi connectivity index (χ3v) is 4.34. The molecule has 0 aliphatic carbocycles. The van der Waals surface area contributed by atoms with Crippen LogP contribution in [0.3, 0.4) is 0 Å². The molecule has 0 aliphatic rings. The van der Waals surface area contributed by atoms with Crippen LogP contribution in [0.1, 0.15) is 10.4 Å². The fraction of sp³-hybridized carbons (Fsp3) is 0. The SMILES string of the molecule is O=C(Nc1ccccc1-c1cccs1)c1ccoc1Br. The minimum Gasteiger partial charge on any atom is -0.457 e. The van der Waals surface area contributed by atoms with Crippen molar-refractivity contribution in [1.82, 2.24) is 0 Å². The van der Waals surface area contributed by atoms with Gasteiger partial charge in [0.05, 0.1) is 11.8 Å². The zero-order chi connectivity index (χ0) is 13.9. The van der Waals surface area contributed by atoms with E-state index in [1.165, 1.54) is 6.26 Å². The van der Waals surface area contributed by atoms with E-state index < -0.39 is 0 Å². The number of para-hydroxylation sites is 1. The van der Waals surface area contributed by atoms with E-state index >= 15 is 0 Å². The van der Waals surface area contributed by atoms with Crippen molar-refractivity contribution in [2.45, 2.75) is 0 Å². The highest BCUT2D eigenvalue weighted by atomic mass is 79.9. The number of carbonyl (C=O) groups excluding carboxylic acids is 1. The summed E-state index contributed by atoms with van der Waals surface area (Å²) in [5.41, 5.74) is 2.27. The van der Waals surface area contributed by atoms with Crippen molar-refractivity contribution < 1.29 is 9.21 Å². The maximum absolute atomic E-state index is 12.2. The van der Waals surface area contributed by atoms with Gasteiger partial charge >= 0.3 is 0 Å². The molecule has 3 rings (SSSR count). The highest BCUT2D eigenvalue weighted by molar-refractivity contribution is 9.10. The Labute approximate surface area is 128 Å². The third-order valence-electron chi connectivity index (χ3n) is 2.82. The number of rotatable bonds is 3. The molecule has 0 bridgehead atoms. The zero-order valence-electron chi connectivity index (χ0n) is 10.3. The molecule has 2 heterocycles. The van der Waals surface area contributed by atoms with Crippen molar-refractivity contribution >= 4 is 38.9 Å². The first-order valence-electron chi connectivity index (χ1n) is 5.93. The van der Waals surface area contributed by atoms with Crippen molar-refractivity contribution in [3.8, 4) is 10.4 Å². The molecule has 1 amide bonds. The van der Waals surface area contributed by atoms with Gasteiger partial charge in [0.25, 0.3) is 5.91 Å². The molecule has 0 saturated heterocycles. The van der Waals surface area contributed by atoms with Gasteiger partial charge in [0.1, 0.15) is 0 Å². The van der Waals surface area contributed by atoms with Gasteiger partial charge in [-0.15, -0.1) is 11.3 Å². The fourth-order valence-corrected chi connectivity index (χ4v) is 3.07. The molecule has 0 fully saturated rings. The number of thiophene rings is 1. The quantitative estimate of drug-likeness (QED) is 0.722. The summed E-state index contributed by atoms with van der Waals surface area (Å²) in [7, 11) is 0. The summed E-state index contributed by atoms with van der Waals surface area (Å²) in [4.78, 5) is 13.3. The highest BCUT2D eigenvalue weighted by Gasteiger charge is 2.14. The van der Waals surface area contributed by atoms with E-state index in [1.54, 1.807) is 17.4 Å². The van der Waals surface area contributed by atoms with E-state index in [1.807, 2.05) is 41.8 Å². The molecule has 1 aromatic carbocycles. The van der Waals surface area contributed by atoms with Crippen LogP contribution in [0.4, 0.5) is 5.69 Å². The molecule has 5 heteroatoms. The van der Waals surface area contributed by atoms with E-state index in [0.29, 0.717) is 10.2 Å². The van der Waals surface area contributed by atoms with Crippen molar-refractivity contribution in [3.05, 3.63) is 64.3 Å². The molecule has 0 atom stereocenters. The largest absolute Gasteiger partial charge is 0.457 e. The van der Waals surface area contributed by atoms with E-state index in [2.05, 4.69) is 21.2 Å². The molecule has 2 aromatic heterocycles. The second-order valence-electron chi connectivity index (χ2n) is 4.08.